The number of hydrogen-bond acceptors (Lipinski definition) is 1. The molecule has 0 saturated carbocycles. The summed E-state index contributed by atoms with van der Waals surface area (Å²) in [5.74, 6) is 2.86. The van der Waals surface area contributed by atoms with E-state index < -0.39 is 0 Å². The molecule has 6 heteroatoms. The maximum Gasteiger partial charge on any atom is 0.285 e. The number of fused-ring (bicyclic) bond motifs is 2. The zero-order valence-electron chi connectivity index (χ0n) is 18.1. The van der Waals surface area contributed by atoms with Gasteiger partial charge in [0.1, 0.15) is 5.75 Å². The molecule has 1 aliphatic heterocycles. The fraction of sp³-hybridized carbons (Fsp3) is 0.231. The minimum absolute atomic E-state index is 0.265. The van der Waals surface area contributed by atoms with Crippen molar-refractivity contribution in [3.05, 3.63) is 66.2 Å². The molecule has 0 radical (unpaired) electrons. The topological polar surface area (TPSA) is 84.5 Å². The van der Waals surface area contributed by atoms with Crippen LogP contribution in [0.5, 0.6) is 5.75 Å². The van der Waals surface area contributed by atoms with E-state index in [4.69, 9.17) is 0 Å². The van der Waals surface area contributed by atoms with Gasteiger partial charge in [0, 0.05) is 18.9 Å². The van der Waals surface area contributed by atoms with Crippen LogP contribution >= 0.6 is 0 Å². The lowest BCUT2D eigenvalue weighted by Gasteiger charge is -2.26. The smallest absolute Gasteiger partial charge is 0.285 e. The molecule has 0 unspecified atom stereocenters. The first-order valence-electron chi connectivity index (χ1n) is 11.3. The molecular formula is C26H28N5O+3. The molecule has 3 heterocycles. The summed E-state index contributed by atoms with van der Waals surface area (Å²) in [6, 6.07) is 20.4. The number of rotatable bonds is 3. The number of imidazole rings is 2. The van der Waals surface area contributed by atoms with Gasteiger partial charge in [-0.05, 0) is 60.0 Å². The summed E-state index contributed by atoms with van der Waals surface area (Å²) in [5, 5.41) is 9.54. The van der Waals surface area contributed by atoms with E-state index in [0.717, 1.165) is 44.8 Å². The summed E-state index contributed by atoms with van der Waals surface area (Å²) in [7, 11) is 2.29. The van der Waals surface area contributed by atoms with Gasteiger partial charge in [-0.1, -0.05) is 6.07 Å². The molecule has 0 amide bonds. The molecule has 1 saturated heterocycles. The van der Waals surface area contributed by atoms with Crippen molar-refractivity contribution in [3.63, 3.8) is 0 Å². The third-order valence-corrected chi connectivity index (χ3v) is 6.86. The molecule has 0 spiro atoms. The number of H-pyrrole nitrogens is 4. The fourth-order valence-electron chi connectivity index (χ4n) is 4.90. The Kier molecular flexibility index (Phi) is 4.47. The lowest BCUT2D eigenvalue weighted by Crippen LogP contribution is -3.10. The Labute approximate surface area is 186 Å². The number of benzene rings is 3. The highest BCUT2D eigenvalue weighted by Gasteiger charge is 2.23. The van der Waals surface area contributed by atoms with Crippen molar-refractivity contribution in [2.75, 3.05) is 20.1 Å². The third-order valence-electron chi connectivity index (χ3n) is 6.86. The molecule has 6 N–H and O–H groups in total. The number of piperidine rings is 1. The van der Waals surface area contributed by atoms with Crippen molar-refractivity contribution in [1.82, 2.24) is 9.97 Å². The van der Waals surface area contributed by atoms with Gasteiger partial charge < -0.3 is 10.0 Å². The van der Waals surface area contributed by atoms with Gasteiger partial charge in [0.15, 0.2) is 22.1 Å². The van der Waals surface area contributed by atoms with Gasteiger partial charge in [0.05, 0.1) is 31.3 Å². The summed E-state index contributed by atoms with van der Waals surface area (Å²) in [5.41, 5.74) is 7.91. The van der Waals surface area contributed by atoms with Crippen LogP contribution in [-0.2, 0) is 0 Å². The van der Waals surface area contributed by atoms with E-state index in [1.54, 1.807) is 17.0 Å². The van der Waals surface area contributed by atoms with Crippen molar-refractivity contribution < 1.29 is 20.0 Å². The van der Waals surface area contributed by atoms with E-state index in [0.29, 0.717) is 5.92 Å². The van der Waals surface area contributed by atoms with Crippen LogP contribution in [0.25, 0.3) is 44.8 Å². The maximum atomic E-state index is 9.54. The first-order chi connectivity index (χ1) is 15.6. The van der Waals surface area contributed by atoms with Gasteiger partial charge in [0.2, 0.25) is 0 Å². The number of phenolic OH excluding ortho intramolecular Hbond substituents is 1. The van der Waals surface area contributed by atoms with Crippen LogP contribution in [0.4, 0.5) is 0 Å². The van der Waals surface area contributed by atoms with Gasteiger partial charge in [0.25, 0.3) is 11.6 Å². The quantitative estimate of drug-likeness (QED) is 0.351. The van der Waals surface area contributed by atoms with Crippen molar-refractivity contribution in [3.8, 4) is 28.5 Å². The van der Waals surface area contributed by atoms with Gasteiger partial charge in [-0.3, -0.25) is 0 Å². The van der Waals surface area contributed by atoms with Crippen molar-refractivity contribution in [2.45, 2.75) is 18.8 Å². The molecule has 3 aromatic carbocycles. The Morgan fingerprint density at radius 1 is 0.781 bits per heavy atom. The lowest BCUT2D eigenvalue weighted by molar-refractivity contribution is -0.885. The van der Waals surface area contributed by atoms with Crippen molar-refractivity contribution >= 4 is 22.1 Å². The number of phenols is 1. The van der Waals surface area contributed by atoms with Crippen molar-refractivity contribution in [1.29, 1.82) is 0 Å². The predicted molar refractivity (Wildman–Crippen MR) is 124 cm³/mol. The Hall–Kier alpha value is -3.64. The molecular weight excluding hydrogens is 398 g/mol. The Bertz CT molecular complexity index is 1410. The van der Waals surface area contributed by atoms with Gasteiger partial charge in [-0.2, -0.15) is 0 Å². The largest absolute Gasteiger partial charge is 0.508 e. The second kappa shape index (κ2) is 7.50. The highest BCUT2D eigenvalue weighted by molar-refractivity contribution is 5.81. The van der Waals surface area contributed by atoms with Crippen LogP contribution in [0.15, 0.2) is 60.7 Å². The zero-order chi connectivity index (χ0) is 21.7. The molecule has 5 aromatic rings. The number of aromatic nitrogens is 4. The van der Waals surface area contributed by atoms with Gasteiger partial charge in [-0.15, -0.1) is 0 Å². The number of aromatic hydroxyl groups is 1. The highest BCUT2D eigenvalue weighted by atomic mass is 16.3. The average molecular weight is 427 g/mol. The zero-order valence-corrected chi connectivity index (χ0v) is 18.1. The number of quaternary nitrogens is 1. The Balaban J connectivity index is 1.32. The summed E-state index contributed by atoms with van der Waals surface area (Å²) in [6.45, 7) is 2.51. The Morgan fingerprint density at radius 3 is 2.09 bits per heavy atom. The second-order valence-electron chi connectivity index (χ2n) is 9.09. The predicted octanol–water partition coefficient (Wildman–Crippen LogP) is 2.71. The minimum Gasteiger partial charge on any atom is -0.508 e. The summed E-state index contributed by atoms with van der Waals surface area (Å²) in [6.07, 6.45) is 2.52. The normalized spacial score (nSPS) is 19.0. The molecule has 0 atom stereocenters. The molecule has 1 aliphatic rings. The van der Waals surface area contributed by atoms with Crippen LogP contribution in [0.1, 0.15) is 24.3 Å². The third kappa shape index (κ3) is 3.42. The summed E-state index contributed by atoms with van der Waals surface area (Å²) < 4.78 is 0. The lowest BCUT2D eigenvalue weighted by atomic mass is 9.89. The molecule has 160 valence electrons. The number of aromatic amines is 4. The first-order valence-corrected chi connectivity index (χ1v) is 11.3. The van der Waals surface area contributed by atoms with Crippen LogP contribution in [0.2, 0.25) is 0 Å². The summed E-state index contributed by atoms with van der Waals surface area (Å²) in [4.78, 5) is 15.7. The van der Waals surface area contributed by atoms with E-state index in [1.165, 1.54) is 31.5 Å². The molecule has 6 rings (SSSR count). The molecule has 0 bridgehead atoms. The molecule has 0 aliphatic carbocycles. The summed E-state index contributed by atoms with van der Waals surface area (Å²) >= 11 is 0. The Morgan fingerprint density at radius 2 is 1.38 bits per heavy atom. The molecule has 6 nitrogen and oxygen atoms in total. The van der Waals surface area contributed by atoms with Gasteiger partial charge in [-0.25, -0.2) is 19.9 Å². The number of likely N-dealkylation sites (tertiary alicyclic amines) is 1. The molecule has 32 heavy (non-hydrogen) atoms. The highest BCUT2D eigenvalue weighted by Crippen LogP contribution is 2.28. The average Bonchev–Trinajstić information content (AvgIpc) is 3.43. The SMILES string of the molecule is C[NH+]1CCC(c2ccc3[nH+]c(-c4ccc5[nH+]c(-c6ccc(O)cc6)[nH]c5c4)[nH]c3c2)CC1. The van der Waals surface area contributed by atoms with E-state index in [9.17, 15) is 5.11 Å². The fourth-order valence-corrected chi connectivity index (χ4v) is 4.90. The monoisotopic (exact) mass is 426 g/mol. The van der Waals surface area contributed by atoms with E-state index in [2.05, 4.69) is 63.4 Å². The van der Waals surface area contributed by atoms with Crippen LogP contribution in [0, 0.1) is 0 Å². The van der Waals surface area contributed by atoms with Gasteiger partial charge >= 0.3 is 0 Å². The molecule has 1 fully saturated rings. The van der Waals surface area contributed by atoms with Crippen LogP contribution < -0.4 is 14.9 Å². The first kappa shape index (κ1) is 19.1. The standard InChI is InChI=1S/C26H25N5O/c1-31-12-10-16(11-13-31)18-4-8-21-23(14-18)30-26(28-21)19-5-9-22-24(15-19)29-25(27-22)17-2-6-20(32)7-3-17/h2-9,14-16,32H,10-13H2,1H3,(H,27,29)(H,28,30)/p+3. The number of hydrogen-bond donors (Lipinski definition) is 4. The van der Waals surface area contributed by atoms with E-state index >= 15 is 0 Å². The minimum atomic E-state index is 0.265. The van der Waals surface area contributed by atoms with Crippen LogP contribution in [0.3, 0.4) is 0 Å². The second-order valence-corrected chi connectivity index (χ2v) is 9.09. The van der Waals surface area contributed by atoms with Crippen molar-refractivity contribution in [2.24, 2.45) is 0 Å². The maximum absolute atomic E-state index is 9.54. The van der Waals surface area contributed by atoms with E-state index in [-0.39, 0.29) is 5.75 Å². The molecule has 2 aromatic heterocycles. The number of nitrogens with one attached hydrogen (secondary N) is 5. The van der Waals surface area contributed by atoms with Crippen LogP contribution in [-0.4, -0.2) is 35.2 Å². The van der Waals surface area contributed by atoms with E-state index in [1.807, 2.05) is 12.1 Å².